The van der Waals surface area contributed by atoms with Gasteiger partial charge in [0.25, 0.3) is 0 Å². The summed E-state index contributed by atoms with van der Waals surface area (Å²) in [7, 11) is 0. The SMILES string of the molecule is CCCCC(=O)CC1CCCNC1. The molecule has 2 heteroatoms. The lowest BCUT2D eigenvalue weighted by molar-refractivity contribution is -0.120. The molecule has 1 saturated heterocycles. The first-order chi connectivity index (χ1) is 6.33. The molecule has 1 unspecified atom stereocenters. The van der Waals surface area contributed by atoms with E-state index in [9.17, 15) is 4.79 Å². The molecule has 1 rings (SSSR count). The van der Waals surface area contributed by atoms with Crippen molar-refractivity contribution in [3.8, 4) is 0 Å². The van der Waals surface area contributed by atoms with Crippen molar-refractivity contribution in [3.05, 3.63) is 0 Å². The van der Waals surface area contributed by atoms with Crippen molar-refractivity contribution < 1.29 is 4.79 Å². The summed E-state index contributed by atoms with van der Waals surface area (Å²) in [5.41, 5.74) is 0. The van der Waals surface area contributed by atoms with Crippen LogP contribution in [0.25, 0.3) is 0 Å². The molecule has 0 aliphatic carbocycles. The van der Waals surface area contributed by atoms with Crippen LogP contribution in [-0.4, -0.2) is 18.9 Å². The third-order valence-electron chi connectivity index (χ3n) is 2.72. The molecular formula is C11H21NO. The van der Waals surface area contributed by atoms with Crippen LogP contribution in [0.1, 0.15) is 45.4 Å². The predicted octanol–water partition coefficient (Wildman–Crippen LogP) is 2.14. The molecule has 1 fully saturated rings. The van der Waals surface area contributed by atoms with Gasteiger partial charge < -0.3 is 5.32 Å². The van der Waals surface area contributed by atoms with Crippen LogP contribution in [0, 0.1) is 5.92 Å². The minimum Gasteiger partial charge on any atom is -0.316 e. The molecule has 0 bridgehead atoms. The molecular weight excluding hydrogens is 162 g/mol. The van der Waals surface area contributed by atoms with Gasteiger partial charge in [-0.1, -0.05) is 13.3 Å². The van der Waals surface area contributed by atoms with Crippen molar-refractivity contribution in [2.45, 2.75) is 45.4 Å². The number of rotatable bonds is 5. The number of hydrogen-bond acceptors (Lipinski definition) is 2. The van der Waals surface area contributed by atoms with Crippen LogP contribution in [0.5, 0.6) is 0 Å². The summed E-state index contributed by atoms with van der Waals surface area (Å²) in [5.74, 6) is 1.09. The van der Waals surface area contributed by atoms with Crippen LogP contribution >= 0.6 is 0 Å². The molecule has 2 nitrogen and oxygen atoms in total. The first kappa shape index (κ1) is 10.7. The van der Waals surface area contributed by atoms with Gasteiger partial charge in [-0.05, 0) is 38.3 Å². The van der Waals surface area contributed by atoms with E-state index in [-0.39, 0.29) is 0 Å². The third-order valence-corrected chi connectivity index (χ3v) is 2.72. The van der Waals surface area contributed by atoms with E-state index in [0.717, 1.165) is 38.8 Å². The molecule has 1 aliphatic rings. The van der Waals surface area contributed by atoms with Gasteiger partial charge in [-0.2, -0.15) is 0 Å². The molecule has 76 valence electrons. The van der Waals surface area contributed by atoms with Crippen LogP contribution in [0.15, 0.2) is 0 Å². The summed E-state index contributed by atoms with van der Waals surface area (Å²) in [6, 6.07) is 0. The first-order valence-electron chi connectivity index (χ1n) is 5.55. The Morgan fingerprint density at radius 2 is 2.38 bits per heavy atom. The fourth-order valence-corrected chi connectivity index (χ4v) is 1.90. The largest absolute Gasteiger partial charge is 0.316 e. The number of Topliss-reactive ketones (excluding diaryl/α,β-unsaturated/α-hetero) is 1. The van der Waals surface area contributed by atoms with Gasteiger partial charge in [0.2, 0.25) is 0 Å². The van der Waals surface area contributed by atoms with E-state index in [1.807, 2.05) is 0 Å². The van der Waals surface area contributed by atoms with Gasteiger partial charge in [0.1, 0.15) is 5.78 Å². The zero-order chi connectivity index (χ0) is 9.52. The van der Waals surface area contributed by atoms with Crippen molar-refractivity contribution in [3.63, 3.8) is 0 Å². The number of carbonyl (C=O) groups is 1. The molecule has 0 amide bonds. The van der Waals surface area contributed by atoms with Crippen molar-refractivity contribution >= 4 is 5.78 Å². The zero-order valence-electron chi connectivity index (χ0n) is 8.64. The fraction of sp³-hybridized carbons (Fsp3) is 0.909. The van der Waals surface area contributed by atoms with E-state index in [0.29, 0.717) is 11.7 Å². The average molecular weight is 183 g/mol. The second-order valence-corrected chi connectivity index (χ2v) is 4.06. The highest BCUT2D eigenvalue weighted by molar-refractivity contribution is 5.78. The Kier molecular flexibility index (Phi) is 5.06. The van der Waals surface area contributed by atoms with Gasteiger partial charge >= 0.3 is 0 Å². The van der Waals surface area contributed by atoms with Crippen LogP contribution in [0.2, 0.25) is 0 Å². The maximum absolute atomic E-state index is 11.4. The van der Waals surface area contributed by atoms with Gasteiger partial charge in [-0.3, -0.25) is 4.79 Å². The third kappa shape index (κ3) is 4.41. The number of unbranched alkanes of at least 4 members (excludes halogenated alkanes) is 1. The Morgan fingerprint density at radius 1 is 1.54 bits per heavy atom. The van der Waals surface area contributed by atoms with E-state index >= 15 is 0 Å². The number of piperidine rings is 1. The lowest BCUT2D eigenvalue weighted by atomic mass is 9.93. The lowest BCUT2D eigenvalue weighted by Crippen LogP contribution is -2.31. The van der Waals surface area contributed by atoms with Gasteiger partial charge in [0.15, 0.2) is 0 Å². The maximum Gasteiger partial charge on any atom is 0.133 e. The Balaban J connectivity index is 2.11. The fourth-order valence-electron chi connectivity index (χ4n) is 1.90. The maximum atomic E-state index is 11.4. The Labute approximate surface area is 81.1 Å². The minimum absolute atomic E-state index is 0.468. The monoisotopic (exact) mass is 183 g/mol. The molecule has 0 aromatic carbocycles. The number of carbonyl (C=O) groups excluding carboxylic acids is 1. The molecule has 13 heavy (non-hydrogen) atoms. The van der Waals surface area contributed by atoms with E-state index in [2.05, 4.69) is 12.2 Å². The van der Waals surface area contributed by atoms with Crippen molar-refractivity contribution in [2.24, 2.45) is 5.92 Å². The Morgan fingerprint density at radius 3 is 3.00 bits per heavy atom. The van der Waals surface area contributed by atoms with Crippen LogP contribution in [-0.2, 0) is 4.79 Å². The molecule has 0 aromatic heterocycles. The highest BCUT2D eigenvalue weighted by Gasteiger charge is 2.15. The van der Waals surface area contributed by atoms with E-state index in [1.54, 1.807) is 0 Å². The van der Waals surface area contributed by atoms with Crippen LogP contribution in [0.3, 0.4) is 0 Å². The van der Waals surface area contributed by atoms with Gasteiger partial charge in [-0.25, -0.2) is 0 Å². The summed E-state index contributed by atoms with van der Waals surface area (Å²) >= 11 is 0. The molecule has 1 N–H and O–H groups in total. The standard InChI is InChI=1S/C11H21NO/c1-2-3-6-11(13)8-10-5-4-7-12-9-10/h10,12H,2-9H2,1H3. The average Bonchev–Trinajstić information content (AvgIpc) is 2.16. The number of nitrogens with one attached hydrogen (secondary N) is 1. The summed E-state index contributed by atoms with van der Waals surface area (Å²) in [6.45, 7) is 4.33. The first-order valence-corrected chi connectivity index (χ1v) is 5.55. The lowest BCUT2D eigenvalue weighted by Gasteiger charge is -2.21. The quantitative estimate of drug-likeness (QED) is 0.707. The molecule has 1 heterocycles. The summed E-state index contributed by atoms with van der Waals surface area (Å²) in [5, 5.41) is 3.34. The van der Waals surface area contributed by atoms with E-state index in [1.165, 1.54) is 12.8 Å². The molecule has 0 spiro atoms. The summed E-state index contributed by atoms with van der Waals surface area (Å²) in [4.78, 5) is 11.4. The number of hydrogen-bond donors (Lipinski definition) is 1. The molecule has 0 aromatic rings. The highest BCUT2D eigenvalue weighted by Crippen LogP contribution is 2.15. The summed E-state index contributed by atoms with van der Waals surface area (Å²) in [6.07, 6.45) is 6.30. The smallest absolute Gasteiger partial charge is 0.133 e. The number of ketones is 1. The normalized spacial score (nSPS) is 23.0. The van der Waals surface area contributed by atoms with Crippen molar-refractivity contribution in [1.29, 1.82) is 0 Å². The van der Waals surface area contributed by atoms with Gasteiger partial charge in [0.05, 0.1) is 0 Å². The van der Waals surface area contributed by atoms with E-state index < -0.39 is 0 Å². The Hall–Kier alpha value is -0.370. The van der Waals surface area contributed by atoms with Crippen LogP contribution in [0.4, 0.5) is 0 Å². The van der Waals surface area contributed by atoms with Crippen molar-refractivity contribution in [2.75, 3.05) is 13.1 Å². The predicted molar refractivity (Wildman–Crippen MR) is 54.7 cm³/mol. The Bertz CT molecular complexity index is 150. The summed E-state index contributed by atoms with van der Waals surface area (Å²) < 4.78 is 0. The molecule has 0 radical (unpaired) electrons. The van der Waals surface area contributed by atoms with E-state index in [4.69, 9.17) is 0 Å². The van der Waals surface area contributed by atoms with Gasteiger partial charge in [0, 0.05) is 12.8 Å². The molecule has 1 atom stereocenters. The molecule has 1 aliphatic heterocycles. The highest BCUT2D eigenvalue weighted by atomic mass is 16.1. The van der Waals surface area contributed by atoms with Crippen molar-refractivity contribution in [1.82, 2.24) is 5.32 Å². The minimum atomic E-state index is 0.468. The topological polar surface area (TPSA) is 29.1 Å². The zero-order valence-corrected chi connectivity index (χ0v) is 8.64. The second kappa shape index (κ2) is 6.14. The van der Waals surface area contributed by atoms with Crippen LogP contribution < -0.4 is 5.32 Å². The van der Waals surface area contributed by atoms with Gasteiger partial charge in [-0.15, -0.1) is 0 Å². The second-order valence-electron chi connectivity index (χ2n) is 4.06. The molecule has 0 saturated carbocycles.